The zero-order valence-electron chi connectivity index (χ0n) is 12.8. The summed E-state index contributed by atoms with van der Waals surface area (Å²) in [4.78, 5) is 11.7. The molecule has 2 aromatic carbocycles. The lowest BCUT2D eigenvalue weighted by Crippen LogP contribution is -2.13. The lowest BCUT2D eigenvalue weighted by Gasteiger charge is -2.17. The van der Waals surface area contributed by atoms with Crippen molar-refractivity contribution < 1.29 is 13.6 Å². The molecule has 0 radical (unpaired) electrons. The number of hydrogen-bond donors (Lipinski definition) is 2. The van der Waals surface area contributed by atoms with Gasteiger partial charge in [-0.05, 0) is 50.1 Å². The maximum Gasteiger partial charge on any atom is 0.227 e. The highest BCUT2D eigenvalue weighted by atomic mass is 19.1. The topological polar surface area (TPSA) is 41.1 Å². The molecule has 2 N–H and O–H groups in total. The third-order valence-electron chi connectivity index (χ3n) is 3.91. The van der Waals surface area contributed by atoms with Crippen LogP contribution in [0.3, 0.4) is 0 Å². The number of anilines is 2. The molecule has 0 spiro atoms. The molecule has 120 valence electrons. The van der Waals surface area contributed by atoms with Gasteiger partial charge in [0.25, 0.3) is 0 Å². The van der Waals surface area contributed by atoms with Crippen LogP contribution in [0.15, 0.2) is 42.5 Å². The fourth-order valence-electron chi connectivity index (χ4n) is 2.42. The summed E-state index contributed by atoms with van der Waals surface area (Å²) in [7, 11) is 0. The monoisotopic (exact) mass is 316 g/mol. The SMILES string of the molecule is CC(Nc1ccc(NC(=O)C2CC2)cc1)c1ccc(F)cc1F. The van der Waals surface area contributed by atoms with E-state index in [4.69, 9.17) is 0 Å². The first-order chi connectivity index (χ1) is 11.0. The summed E-state index contributed by atoms with van der Waals surface area (Å²) in [5.74, 6) is -0.936. The summed E-state index contributed by atoms with van der Waals surface area (Å²) in [5, 5.41) is 6.02. The van der Waals surface area contributed by atoms with Crippen molar-refractivity contribution in [1.29, 1.82) is 0 Å². The fraction of sp³-hybridized carbons (Fsp3) is 0.278. The van der Waals surface area contributed by atoms with E-state index in [1.807, 2.05) is 12.1 Å². The maximum absolute atomic E-state index is 13.8. The van der Waals surface area contributed by atoms with Crippen LogP contribution in [0.2, 0.25) is 0 Å². The highest BCUT2D eigenvalue weighted by molar-refractivity contribution is 5.94. The van der Waals surface area contributed by atoms with E-state index in [9.17, 15) is 13.6 Å². The summed E-state index contributed by atoms with van der Waals surface area (Å²) in [6.07, 6.45) is 1.93. The van der Waals surface area contributed by atoms with Gasteiger partial charge in [-0.15, -0.1) is 0 Å². The Morgan fingerprint density at radius 2 is 1.74 bits per heavy atom. The first-order valence-corrected chi connectivity index (χ1v) is 7.65. The molecule has 0 aromatic heterocycles. The molecule has 2 aromatic rings. The molecule has 5 heteroatoms. The molecule has 1 amide bonds. The Bertz CT molecular complexity index is 711. The van der Waals surface area contributed by atoms with Crippen molar-refractivity contribution in [3.8, 4) is 0 Å². The maximum atomic E-state index is 13.8. The molecule has 1 unspecified atom stereocenters. The quantitative estimate of drug-likeness (QED) is 0.853. The van der Waals surface area contributed by atoms with Gasteiger partial charge in [-0.25, -0.2) is 8.78 Å². The number of amides is 1. The van der Waals surface area contributed by atoms with E-state index >= 15 is 0 Å². The molecule has 0 aliphatic heterocycles. The predicted molar refractivity (Wildman–Crippen MR) is 86.2 cm³/mol. The summed E-state index contributed by atoms with van der Waals surface area (Å²) in [5.41, 5.74) is 1.94. The van der Waals surface area contributed by atoms with Crippen molar-refractivity contribution in [3.05, 3.63) is 59.7 Å². The van der Waals surface area contributed by atoms with Crippen molar-refractivity contribution in [1.82, 2.24) is 0 Å². The van der Waals surface area contributed by atoms with Crippen molar-refractivity contribution in [2.75, 3.05) is 10.6 Å². The van der Waals surface area contributed by atoms with Crippen molar-refractivity contribution >= 4 is 17.3 Å². The second-order valence-electron chi connectivity index (χ2n) is 5.87. The van der Waals surface area contributed by atoms with Gasteiger partial charge >= 0.3 is 0 Å². The van der Waals surface area contributed by atoms with E-state index in [0.717, 1.165) is 30.3 Å². The molecule has 1 aliphatic carbocycles. The van der Waals surface area contributed by atoms with Gasteiger partial charge in [-0.2, -0.15) is 0 Å². The number of hydrogen-bond acceptors (Lipinski definition) is 2. The van der Waals surface area contributed by atoms with Crippen LogP contribution in [0.25, 0.3) is 0 Å². The minimum atomic E-state index is -0.589. The van der Waals surface area contributed by atoms with Gasteiger partial charge in [-0.3, -0.25) is 4.79 Å². The first kappa shape index (κ1) is 15.5. The second kappa shape index (κ2) is 6.36. The Morgan fingerprint density at radius 1 is 1.09 bits per heavy atom. The third kappa shape index (κ3) is 3.86. The lowest BCUT2D eigenvalue weighted by molar-refractivity contribution is -0.117. The largest absolute Gasteiger partial charge is 0.378 e. The number of rotatable bonds is 5. The summed E-state index contributed by atoms with van der Waals surface area (Å²) < 4.78 is 26.7. The van der Waals surface area contributed by atoms with Crippen molar-refractivity contribution in [2.24, 2.45) is 5.92 Å². The highest BCUT2D eigenvalue weighted by Gasteiger charge is 2.29. The minimum Gasteiger partial charge on any atom is -0.378 e. The van der Waals surface area contributed by atoms with Gasteiger partial charge < -0.3 is 10.6 Å². The molecular weight excluding hydrogens is 298 g/mol. The average molecular weight is 316 g/mol. The third-order valence-corrected chi connectivity index (χ3v) is 3.91. The predicted octanol–water partition coefficient (Wildman–Crippen LogP) is 4.49. The van der Waals surface area contributed by atoms with Crippen LogP contribution >= 0.6 is 0 Å². The van der Waals surface area contributed by atoms with Crippen LogP contribution < -0.4 is 10.6 Å². The Morgan fingerprint density at radius 3 is 2.35 bits per heavy atom. The molecule has 23 heavy (non-hydrogen) atoms. The summed E-state index contributed by atoms with van der Waals surface area (Å²) in [6, 6.07) is 10.5. The van der Waals surface area contributed by atoms with Crippen LogP contribution in [-0.2, 0) is 4.79 Å². The van der Waals surface area contributed by atoms with E-state index in [1.165, 1.54) is 12.1 Å². The average Bonchev–Trinajstić information content (AvgIpc) is 3.33. The number of nitrogens with one attached hydrogen (secondary N) is 2. The first-order valence-electron chi connectivity index (χ1n) is 7.65. The molecule has 0 bridgehead atoms. The van der Waals surface area contributed by atoms with Crippen molar-refractivity contribution in [3.63, 3.8) is 0 Å². The van der Waals surface area contributed by atoms with Gasteiger partial charge in [0.2, 0.25) is 5.91 Å². The fourth-order valence-corrected chi connectivity index (χ4v) is 2.42. The van der Waals surface area contributed by atoms with Gasteiger partial charge in [-0.1, -0.05) is 6.07 Å². The van der Waals surface area contributed by atoms with Gasteiger partial charge in [0.15, 0.2) is 0 Å². The molecule has 1 atom stereocenters. The Kier molecular flexibility index (Phi) is 4.28. The molecule has 3 nitrogen and oxygen atoms in total. The standard InChI is InChI=1S/C18H18F2N2O/c1-11(16-9-4-13(19)10-17(16)20)21-14-5-7-15(8-6-14)22-18(23)12-2-3-12/h4-12,21H,2-3H2,1H3,(H,22,23). The zero-order valence-corrected chi connectivity index (χ0v) is 12.8. The normalized spacial score (nSPS) is 15.1. The van der Waals surface area contributed by atoms with E-state index in [0.29, 0.717) is 5.56 Å². The van der Waals surface area contributed by atoms with Crippen molar-refractivity contribution in [2.45, 2.75) is 25.8 Å². The van der Waals surface area contributed by atoms with Gasteiger partial charge in [0, 0.05) is 28.9 Å². The molecule has 0 heterocycles. The van der Waals surface area contributed by atoms with Crippen LogP contribution in [0, 0.1) is 17.6 Å². The van der Waals surface area contributed by atoms with Crippen LogP contribution in [0.4, 0.5) is 20.2 Å². The molecule has 1 saturated carbocycles. The smallest absolute Gasteiger partial charge is 0.227 e. The summed E-state index contributed by atoms with van der Waals surface area (Å²) in [6.45, 7) is 1.80. The molecular formula is C18H18F2N2O. The van der Waals surface area contributed by atoms with Crippen LogP contribution in [-0.4, -0.2) is 5.91 Å². The van der Waals surface area contributed by atoms with E-state index < -0.39 is 11.6 Å². The molecule has 3 rings (SSSR count). The molecule has 1 aliphatic rings. The van der Waals surface area contributed by atoms with Gasteiger partial charge in [0.05, 0.1) is 6.04 Å². The number of carbonyl (C=O) groups excluding carboxylic acids is 1. The number of halogens is 2. The second-order valence-corrected chi connectivity index (χ2v) is 5.87. The number of benzene rings is 2. The summed E-state index contributed by atoms with van der Waals surface area (Å²) >= 11 is 0. The van der Waals surface area contributed by atoms with E-state index in [1.54, 1.807) is 19.1 Å². The highest BCUT2D eigenvalue weighted by Crippen LogP contribution is 2.30. The molecule has 1 fully saturated rings. The Hall–Kier alpha value is -2.43. The zero-order chi connectivity index (χ0) is 16.4. The van der Waals surface area contributed by atoms with E-state index in [-0.39, 0.29) is 17.9 Å². The number of carbonyl (C=O) groups is 1. The van der Waals surface area contributed by atoms with Crippen LogP contribution in [0.1, 0.15) is 31.4 Å². The van der Waals surface area contributed by atoms with Gasteiger partial charge in [0.1, 0.15) is 11.6 Å². The Labute approximate surface area is 133 Å². The molecule has 0 saturated heterocycles. The lowest BCUT2D eigenvalue weighted by atomic mass is 10.1. The van der Waals surface area contributed by atoms with E-state index in [2.05, 4.69) is 10.6 Å². The minimum absolute atomic E-state index is 0.0625. The Balaban J connectivity index is 1.64. The van der Waals surface area contributed by atoms with Crippen LogP contribution in [0.5, 0.6) is 0 Å².